The zero-order valence-corrected chi connectivity index (χ0v) is 10.5. The van der Waals surface area contributed by atoms with Crippen molar-refractivity contribution in [1.29, 1.82) is 0 Å². The summed E-state index contributed by atoms with van der Waals surface area (Å²) in [6.07, 6.45) is 3.64. The van der Waals surface area contributed by atoms with E-state index in [0.29, 0.717) is 0 Å². The van der Waals surface area contributed by atoms with Gasteiger partial charge in [-0.15, -0.1) is 0 Å². The zero-order chi connectivity index (χ0) is 11.0. The molecule has 0 atom stereocenters. The van der Waals surface area contributed by atoms with Gasteiger partial charge in [-0.25, -0.2) is 4.98 Å². The minimum atomic E-state index is 0.760. The third kappa shape index (κ3) is 1.72. The van der Waals surface area contributed by atoms with Gasteiger partial charge in [0, 0.05) is 23.3 Å². The molecule has 0 spiro atoms. The van der Waals surface area contributed by atoms with Gasteiger partial charge in [0.1, 0.15) is 0 Å². The highest BCUT2D eigenvalue weighted by Crippen LogP contribution is 2.24. The minimum Gasteiger partial charge on any atom is -0.264 e. The lowest BCUT2D eigenvalue weighted by molar-refractivity contribution is 1.30. The molecule has 5 heteroatoms. The highest BCUT2D eigenvalue weighted by atomic mass is 79.9. The predicted octanol–water partition coefficient (Wildman–Crippen LogP) is 3.52. The molecule has 0 fully saturated rings. The van der Waals surface area contributed by atoms with E-state index < -0.39 is 0 Å². The fourth-order valence-electron chi connectivity index (χ4n) is 1.54. The van der Waals surface area contributed by atoms with Crippen LogP contribution in [0, 0.1) is 0 Å². The van der Waals surface area contributed by atoms with E-state index in [2.05, 4.69) is 36.3 Å². The fraction of sp³-hybridized carbons (Fsp3) is 0. The molecule has 16 heavy (non-hydrogen) atoms. The van der Waals surface area contributed by atoms with Gasteiger partial charge in [0.25, 0.3) is 0 Å². The van der Waals surface area contributed by atoms with Gasteiger partial charge < -0.3 is 0 Å². The second-order valence-corrected chi connectivity index (χ2v) is 5.34. The van der Waals surface area contributed by atoms with E-state index in [1.807, 2.05) is 24.4 Å². The lowest BCUT2D eigenvalue weighted by Gasteiger charge is -1.99. The molecule has 0 saturated heterocycles. The van der Waals surface area contributed by atoms with E-state index in [-0.39, 0.29) is 0 Å². The Balaban J connectivity index is 2.18. The topological polar surface area (TPSA) is 38.7 Å². The van der Waals surface area contributed by atoms with Crippen molar-refractivity contribution in [3.05, 3.63) is 40.6 Å². The van der Waals surface area contributed by atoms with E-state index >= 15 is 0 Å². The number of hydrogen-bond acceptors (Lipinski definition) is 4. The first-order valence-corrected chi connectivity index (χ1v) is 6.23. The van der Waals surface area contributed by atoms with E-state index in [0.717, 1.165) is 26.1 Å². The van der Waals surface area contributed by atoms with Crippen LogP contribution in [0.5, 0.6) is 0 Å². The number of benzene rings is 1. The second kappa shape index (κ2) is 3.92. The highest BCUT2D eigenvalue weighted by molar-refractivity contribution is 9.11. The van der Waals surface area contributed by atoms with Crippen molar-refractivity contribution in [3.63, 3.8) is 0 Å². The monoisotopic (exact) mass is 291 g/mol. The number of aromatic nitrogens is 3. The molecule has 3 nitrogen and oxygen atoms in total. The van der Waals surface area contributed by atoms with Crippen molar-refractivity contribution in [1.82, 2.24) is 14.3 Å². The molecule has 0 N–H and O–H groups in total. The number of halogens is 1. The van der Waals surface area contributed by atoms with Crippen LogP contribution >= 0.6 is 27.5 Å². The third-order valence-electron chi connectivity index (χ3n) is 2.30. The van der Waals surface area contributed by atoms with Gasteiger partial charge >= 0.3 is 0 Å². The average molecular weight is 292 g/mol. The van der Waals surface area contributed by atoms with Gasteiger partial charge in [-0.1, -0.05) is 12.1 Å². The summed E-state index contributed by atoms with van der Waals surface area (Å²) in [4.78, 5) is 8.38. The smallest absolute Gasteiger partial charge is 0.179 e. The largest absolute Gasteiger partial charge is 0.264 e. The van der Waals surface area contributed by atoms with E-state index in [9.17, 15) is 0 Å². The van der Waals surface area contributed by atoms with Crippen molar-refractivity contribution in [2.24, 2.45) is 0 Å². The summed E-state index contributed by atoms with van der Waals surface area (Å²) in [5.41, 5.74) is 1.03. The summed E-state index contributed by atoms with van der Waals surface area (Å²) in [6.45, 7) is 0. The number of rotatable bonds is 1. The summed E-state index contributed by atoms with van der Waals surface area (Å²) >= 11 is 4.66. The maximum atomic E-state index is 4.30. The standard InChI is InChI=1S/C11H6BrN3S/c12-11-14-10(15-16-11)8-1-2-9-6-13-4-3-7(9)5-8/h1-6H. The molecule has 0 saturated carbocycles. The number of pyridine rings is 1. The molecule has 0 radical (unpaired) electrons. The van der Waals surface area contributed by atoms with E-state index in [1.54, 1.807) is 6.20 Å². The van der Waals surface area contributed by atoms with Crippen LogP contribution < -0.4 is 0 Å². The fourth-order valence-corrected chi connectivity index (χ4v) is 2.37. The highest BCUT2D eigenvalue weighted by Gasteiger charge is 2.05. The molecule has 3 aromatic rings. The summed E-state index contributed by atoms with van der Waals surface area (Å²) in [5.74, 6) is 0.760. The Bertz CT molecular complexity index is 650. The Labute approximate surface area is 104 Å². The Morgan fingerprint density at radius 1 is 1.12 bits per heavy atom. The Hall–Kier alpha value is -1.33. The number of fused-ring (bicyclic) bond motifs is 1. The number of nitrogens with zero attached hydrogens (tertiary/aromatic N) is 3. The molecule has 2 aromatic heterocycles. The summed E-state index contributed by atoms with van der Waals surface area (Å²) in [7, 11) is 0. The zero-order valence-electron chi connectivity index (χ0n) is 8.09. The molecule has 2 heterocycles. The second-order valence-electron chi connectivity index (χ2n) is 3.31. The maximum absolute atomic E-state index is 4.30. The Morgan fingerprint density at radius 2 is 2.06 bits per heavy atom. The van der Waals surface area contributed by atoms with Gasteiger partial charge in [0.2, 0.25) is 0 Å². The molecular weight excluding hydrogens is 286 g/mol. The summed E-state index contributed by atoms with van der Waals surface area (Å²) in [5, 5.41) is 2.28. The quantitative estimate of drug-likeness (QED) is 0.689. The van der Waals surface area contributed by atoms with Crippen LogP contribution in [0.2, 0.25) is 0 Å². The summed E-state index contributed by atoms with van der Waals surface area (Å²) in [6, 6.07) is 8.11. The van der Waals surface area contributed by atoms with Crippen molar-refractivity contribution >= 4 is 38.2 Å². The molecule has 0 aliphatic carbocycles. The van der Waals surface area contributed by atoms with Crippen LogP contribution in [-0.4, -0.2) is 14.3 Å². The molecule has 1 aromatic carbocycles. The minimum absolute atomic E-state index is 0.760. The Morgan fingerprint density at radius 3 is 2.88 bits per heavy atom. The SMILES string of the molecule is Brc1nc(-c2ccc3cnccc3c2)ns1. The average Bonchev–Trinajstić information content (AvgIpc) is 2.75. The van der Waals surface area contributed by atoms with Gasteiger partial charge in [-0.05, 0) is 45.0 Å². The molecule has 3 rings (SSSR count). The van der Waals surface area contributed by atoms with Gasteiger partial charge in [0.15, 0.2) is 9.74 Å². The van der Waals surface area contributed by atoms with Crippen LogP contribution in [0.25, 0.3) is 22.2 Å². The van der Waals surface area contributed by atoms with Crippen LogP contribution in [0.15, 0.2) is 40.6 Å². The van der Waals surface area contributed by atoms with Crippen molar-refractivity contribution in [3.8, 4) is 11.4 Å². The van der Waals surface area contributed by atoms with Crippen molar-refractivity contribution in [2.45, 2.75) is 0 Å². The molecule has 0 aliphatic rings. The first-order chi connectivity index (χ1) is 7.83. The first kappa shape index (κ1) is 9.86. The van der Waals surface area contributed by atoms with Crippen LogP contribution in [0.1, 0.15) is 0 Å². The molecular formula is C11H6BrN3S. The van der Waals surface area contributed by atoms with Crippen LogP contribution in [0.3, 0.4) is 0 Å². The van der Waals surface area contributed by atoms with Crippen molar-refractivity contribution in [2.75, 3.05) is 0 Å². The van der Waals surface area contributed by atoms with E-state index in [1.165, 1.54) is 11.5 Å². The molecule has 78 valence electrons. The third-order valence-corrected chi connectivity index (χ3v) is 3.42. The molecule has 0 aliphatic heterocycles. The maximum Gasteiger partial charge on any atom is 0.179 e. The molecule has 0 amide bonds. The molecule has 0 unspecified atom stereocenters. The lowest BCUT2D eigenvalue weighted by Crippen LogP contribution is -1.81. The van der Waals surface area contributed by atoms with E-state index in [4.69, 9.17) is 0 Å². The Kier molecular flexibility index (Phi) is 2.41. The lowest BCUT2D eigenvalue weighted by atomic mass is 10.1. The van der Waals surface area contributed by atoms with Crippen LogP contribution in [0.4, 0.5) is 0 Å². The number of hydrogen-bond donors (Lipinski definition) is 0. The van der Waals surface area contributed by atoms with Gasteiger partial charge in [-0.3, -0.25) is 4.98 Å². The first-order valence-electron chi connectivity index (χ1n) is 4.66. The summed E-state index contributed by atoms with van der Waals surface area (Å²) < 4.78 is 5.06. The van der Waals surface area contributed by atoms with Crippen molar-refractivity contribution < 1.29 is 0 Å². The van der Waals surface area contributed by atoms with Gasteiger partial charge in [0.05, 0.1) is 0 Å². The predicted molar refractivity (Wildman–Crippen MR) is 68.3 cm³/mol. The van der Waals surface area contributed by atoms with Crippen LogP contribution in [-0.2, 0) is 0 Å². The normalized spacial score (nSPS) is 10.8. The molecule has 0 bridgehead atoms. The van der Waals surface area contributed by atoms with Gasteiger partial charge in [-0.2, -0.15) is 4.37 Å².